The highest BCUT2D eigenvalue weighted by molar-refractivity contribution is 8.15. The van der Waals surface area contributed by atoms with Crippen LogP contribution in [0.5, 0.6) is 0 Å². The summed E-state index contributed by atoms with van der Waals surface area (Å²) in [5.41, 5.74) is 0.468. The minimum atomic E-state index is -1.03. The van der Waals surface area contributed by atoms with Crippen molar-refractivity contribution >= 4 is 57.7 Å². The van der Waals surface area contributed by atoms with Crippen LogP contribution < -0.4 is 0 Å². The molecule has 1 aromatic carbocycles. The molecule has 0 unspecified atom stereocenters. The van der Waals surface area contributed by atoms with Gasteiger partial charge in [0.2, 0.25) is 5.91 Å². The largest absolute Gasteiger partial charge is 0.480 e. The Balaban J connectivity index is 2.35. The van der Waals surface area contributed by atoms with E-state index in [1.165, 1.54) is 4.90 Å². The fourth-order valence-corrected chi connectivity index (χ4v) is 3.12. The lowest BCUT2D eigenvalue weighted by Crippen LogP contribution is -2.41. The maximum Gasteiger partial charge on any atom is 0.317 e. The van der Waals surface area contributed by atoms with Gasteiger partial charge < -0.3 is 5.11 Å². The fourth-order valence-electron chi connectivity index (χ4n) is 1.60. The fraction of sp³-hybridized carbons (Fsp3) is 0.250. The van der Waals surface area contributed by atoms with Gasteiger partial charge in [-0.1, -0.05) is 35.0 Å². The highest BCUT2D eigenvalue weighted by Gasteiger charge is 2.33. The Kier molecular flexibility index (Phi) is 4.57. The third-order valence-electron chi connectivity index (χ3n) is 2.62. The number of amides is 1. The number of benzene rings is 1. The Bertz CT molecular complexity index is 586. The number of amidine groups is 1. The molecule has 1 aromatic rings. The van der Waals surface area contributed by atoms with Crippen molar-refractivity contribution in [2.24, 2.45) is 4.99 Å². The molecule has 0 aliphatic carbocycles. The minimum absolute atomic E-state index is 0.0498. The number of hydrogen-bond donors (Lipinski definition) is 1. The number of nitrogens with zero attached hydrogens (tertiary/aromatic N) is 2. The molecular formula is C12H10Cl2N2O3S. The summed E-state index contributed by atoms with van der Waals surface area (Å²) >= 11 is 12.8. The van der Waals surface area contributed by atoms with Crippen molar-refractivity contribution in [3.05, 3.63) is 28.2 Å². The number of aliphatic carboxylic acids is 1. The van der Waals surface area contributed by atoms with Gasteiger partial charge in [0, 0.05) is 17.1 Å². The van der Waals surface area contributed by atoms with Crippen LogP contribution in [0.1, 0.15) is 6.42 Å². The molecule has 5 nitrogen and oxygen atoms in total. The van der Waals surface area contributed by atoms with Gasteiger partial charge in [0.25, 0.3) is 0 Å². The van der Waals surface area contributed by atoms with E-state index in [9.17, 15) is 9.59 Å². The quantitative estimate of drug-likeness (QED) is 0.903. The highest BCUT2D eigenvalue weighted by atomic mass is 35.5. The van der Waals surface area contributed by atoms with E-state index in [1.54, 1.807) is 25.2 Å². The number of carboxylic acids is 1. The number of carbonyl (C=O) groups is 2. The van der Waals surface area contributed by atoms with Gasteiger partial charge >= 0.3 is 5.97 Å². The van der Waals surface area contributed by atoms with E-state index in [2.05, 4.69) is 4.99 Å². The normalized spacial score (nSPS) is 21.4. The van der Waals surface area contributed by atoms with Crippen LogP contribution in [0.2, 0.25) is 10.0 Å². The average Bonchev–Trinajstić information content (AvgIpc) is 2.33. The summed E-state index contributed by atoms with van der Waals surface area (Å²) in [5.74, 6) is -1.32. The van der Waals surface area contributed by atoms with Crippen molar-refractivity contribution in [2.45, 2.75) is 11.7 Å². The first-order valence-corrected chi connectivity index (χ1v) is 7.21. The van der Waals surface area contributed by atoms with Crippen molar-refractivity contribution in [1.82, 2.24) is 4.90 Å². The Morgan fingerprint density at radius 2 is 2.00 bits per heavy atom. The van der Waals surface area contributed by atoms with E-state index >= 15 is 0 Å². The van der Waals surface area contributed by atoms with Crippen LogP contribution in [0.3, 0.4) is 0 Å². The van der Waals surface area contributed by atoms with Crippen LogP contribution in [-0.4, -0.2) is 39.3 Å². The number of carbonyl (C=O) groups excluding carboxylic acids is 1. The summed E-state index contributed by atoms with van der Waals surface area (Å²) in [6, 6.07) is 4.74. The summed E-state index contributed by atoms with van der Waals surface area (Å²) in [4.78, 5) is 28.4. The molecule has 106 valence electrons. The molecule has 0 saturated carbocycles. The second kappa shape index (κ2) is 6.03. The van der Waals surface area contributed by atoms with Crippen molar-refractivity contribution in [3.8, 4) is 0 Å². The summed E-state index contributed by atoms with van der Waals surface area (Å²) in [6.07, 6.45) is -0.0498. The summed E-state index contributed by atoms with van der Waals surface area (Å²) in [5, 5.41) is 9.35. The van der Waals surface area contributed by atoms with Gasteiger partial charge in [-0.3, -0.25) is 14.5 Å². The van der Waals surface area contributed by atoms with Crippen LogP contribution in [0.25, 0.3) is 0 Å². The van der Waals surface area contributed by atoms with E-state index in [-0.39, 0.29) is 12.3 Å². The predicted octanol–water partition coefficient (Wildman–Crippen LogP) is 3.03. The monoisotopic (exact) mass is 332 g/mol. The molecule has 8 heteroatoms. The van der Waals surface area contributed by atoms with Gasteiger partial charge in [0.1, 0.15) is 5.25 Å². The third kappa shape index (κ3) is 3.45. The SMILES string of the molecule is CN1C(=O)C[C@H](C(=O)O)SC1=Nc1cc(Cl)cc(Cl)c1. The van der Waals surface area contributed by atoms with Crippen molar-refractivity contribution in [3.63, 3.8) is 0 Å². The number of thioether (sulfide) groups is 1. The molecule has 0 aromatic heterocycles. The van der Waals surface area contributed by atoms with Gasteiger partial charge in [-0.05, 0) is 18.2 Å². The van der Waals surface area contributed by atoms with E-state index in [0.717, 1.165) is 11.8 Å². The van der Waals surface area contributed by atoms with Crippen LogP contribution in [0.4, 0.5) is 5.69 Å². The van der Waals surface area contributed by atoms with Crippen LogP contribution in [0.15, 0.2) is 23.2 Å². The van der Waals surface area contributed by atoms with Gasteiger partial charge in [-0.15, -0.1) is 0 Å². The van der Waals surface area contributed by atoms with Gasteiger partial charge in [-0.2, -0.15) is 0 Å². The molecular weight excluding hydrogens is 323 g/mol. The molecule has 1 aliphatic heterocycles. The zero-order chi connectivity index (χ0) is 14.9. The van der Waals surface area contributed by atoms with Gasteiger partial charge in [0.15, 0.2) is 5.17 Å². The molecule has 1 heterocycles. The number of aliphatic imine (C=N–C) groups is 1. The lowest BCUT2D eigenvalue weighted by molar-refractivity contribution is -0.139. The molecule has 20 heavy (non-hydrogen) atoms. The summed E-state index contributed by atoms with van der Waals surface area (Å²) in [6.45, 7) is 0. The molecule has 1 fully saturated rings. The lowest BCUT2D eigenvalue weighted by Gasteiger charge is -2.27. The first kappa shape index (κ1) is 15.2. The number of halogens is 2. The second-order valence-electron chi connectivity index (χ2n) is 4.12. The van der Waals surface area contributed by atoms with Gasteiger partial charge in [0.05, 0.1) is 12.1 Å². The maximum atomic E-state index is 11.8. The lowest BCUT2D eigenvalue weighted by atomic mass is 10.3. The number of carboxylic acid groups (broad SMARTS) is 1. The van der Waals surface area contributed by atoms with E-state index in [4.69, 9.17) is 28.3 Å². The van der Waals surface area contributed by atoms with Gasteiger partial charge in [-0.25, -0.2) is 4.99 Å². The standard InChI is InChI=1S/C12H10Cl2N2O3S/c1-16-10(17)5-9(11(18)19)20-12(16)15-8-3-6(13)2-7(14)4-8/h2-4,9H,5H2,1H3,(H,18,19)/t9-/m1/s1. The zero-order valence-corrected chi connectivity index (χ0v) is 12.7. The molecule has 1 atom stereocenters. The molecule has 0 bridgehead atoms. The molecule has 1 saturated heterocycles. The first-order chi connectivity index (χ1) is 9.36. The first-order valence-electron chi connectivity index (χ1n) is 5.57. The molecule has 1 amide bonds. The van der Waals surface area contributed by atoms with Crippen LogP contribution in [-0.2, 0) is 9.59 Å². The molecule has 1 aliphatic rings. The number of rotatable bonds is 2. The van der Waals surface area contributed by atoms with Crippen molar-refractivity contribution < 1.29 is 14.7 Å². The van der Waals surface area contributed by atoms with Crippen molar-refractivity contribution in [1.29, 1.82) is 0 Å². The van der Waals surface area contributed by atoms with E-state index < -0.39 is 11.2 Å². The molecule has 2 rings (SSSR count). The van der Waals surface area contributed by atoms with Crippen LogP contribution in [0, 0.1) is 0 Å². The zero-order valence-electron chi connectivity index (χ0n) is 10.3. The maximum absolute atomic E-state index is 11.8. The Hall–Kier alpha value is -1.24. The Morgan fingerprint density at radius 3 is 2.55 bits per heavy atom. The van der Waals surface area contributed by atoms with Crippen LogP contribution >= 0.6 is 35.0 Å². The molecule has 0 spiro atoms. The second-order valence-corrected chi connectivity index (χ2v) is 6.17. The minimum Gasteiger partial charge on any atom is -0.480 e. The highest BCUT2D eigenvalue weighted by Crippen LogP contribution is 2.30. The van der Waals surface area contributed by atoms with E-state index in [1.807, 2.05) is 0 Å². The number of hydrogen-bond acceptors (Lipinski definition) is 4. The Morgan fingerprint density at radius 1 is 1.40 bits per heavy atom. The third-order valence-corrected chi connectivity index (χ3v) is 4.28. The van der Waals surface area contributed by atoms with Crippen molar-refractivity contribution in [2.75, 3.05) is 7.05 Å². The smallest absolute Gasteiger partial charge is 0.317 e. The molecule has 1 N–H and O–H groups in total. The van der Waals surface area contributed by atoms with E-state index in [0.29, 0.717) is 20.9 Å². The molecule has 0 radical (unpaired) electrons. The predicted molar refractivity (Wildman–Crippen MR) is 80.0 cm³/mol. The summed E-state index contributed by atoms with van der Waals surface area (Å²) in [7, 11) is 1.55. The summed E-state index contributed by atoms with van der Waals surface area (Å²) < 4.78 is 0. The Labute approximate surface area is 129 Å². The average molecular weight is 333 g/mol. The topological polar surface area (TPSA) is 70.0 Å².